The molecule has 0 spiro atoms. The molecule has 0 heterocycles. The van der Waals surface area contributed by atoms with E-state index >= 15 is 0 Å². The minimum Gasteiger partial charge on any atom is -0.466 e. The van der Waals surface area contributed by atoms with Gasteiger partial charge in [0.15, 0.2) is 0 Å². The third-order valence-corrected chi connectivity index (χ3v) is 14.1. The van der Waals surface area contributed by atoms with Crippen molar-refractivity contribution in [1.82, 2.24) is 5.32 Å². The van der Waals surface area contributed by atoms with Crippen LogP contribution in [0.1, 0.15) is 335 Å². The molecule has 66 heavy (non-hydrogen) atoms. The molecule has 0 aromatic rings. The molecule has 6 heteroatoms. The Labute approximate surface area is 412 Å². The van der Waals surface area contributed by atoms with Crippen LogP contribution in [-0.4, -0.2) is 47.4 Å². The molecule has 0 bridgehead atoms. The van der Waals surface area contributed by atoms with Gasteiger partial charge in [-0.25, -0.2) is 0 Å². The summed E-state index contributed by atoms with van der Waals surface area (Å²) in [6, 6.07) is -0.630. The van der Waals surface area contributed by atoms with Crippen LogP contribution >= 0.6 is 0 Å². The first-order chi connectivity index (χ1) is 32.5. The SMILES string of the molecule is CCCCCCCCCCCCCC/C=C/C(O)C(CO)NC(=O)CCCCCCCCCCCCCCCCCCCOC(=O)CCCCCCCCCCCCCCCCCCCC. The molecule has 2 unspecified atom stereocenters. The van der Waals surface area contributed by atoms with Gasteiger partial charge in [0.1, 0.15) is 0 Å². The Balaban J connectivity index is 3.40. The van der Waals surface area contributed by atoms with Crippen LogP contribution in [0.25, 0.3) is 0 Å². The van der Waals surface area contributed by atoms with Crippen molar-refractivity contribution in [2.75, 3.05) is 13.2 Å². The molecule has 0 aliphatic carbocycles. The molecule has 0 saturated heterocycles. The highest BCUT2D eigenvalue weighted by Gasteiger charge is 2.18. The van der Waals surface area contributed by atoms with E-state index in [1.807, 2.05) is 6.08 Å². The van der Waals surface area contributed by atoms with Gasteiger partial charge in [-0.05, 0) is 32.1 Å². The minimum atomic E-state index is -0.846. The first-order valence-electron chi connectivity index (χ1n) is 30.0. The quantitative estimate of drug-likeness (QED) is 0.0321. The number of hydrogen-bond acceptors (Lipinski definition) is 5. The highest BCUT2D eigenvalue weighted by molar-refractivity contribution is 5.76. The van der Waals surface area contributed by atoms with E-state index in [1.54, 1.807) is 6.08 Å². The number of aliphatic hydroxyl groups excluding tert-OH is 2. The highest BCUT2D eigenvalue weighted by atomic mass is 16.5. The highest BCUT2D eigenvalue weighted by Crippen LogP contribution is 2.18. The average Bonchev–Trinajstić information content (AvgIpc) is 3.32. The fourth-order valence-corrected chi connectivity index (χ4v) is 9.46. The number of allylic oxidation sites excluding steroid dienone is 1. The van der Waals surface area contributed by atoms with E-state index in [1.165, 1.54) is 270 Å². The van der Waals surface area contributed by atoms with Gasteiger partial charge >= 0.3 is 5.97 Å². The second kappa shape index (κ2) is 56.2. The summed E-state index contributed by atoms with van der Waals surface area (Å²) >= 11 is 0. The Kier molecular flexibility index (Phi) is 55.0. The summed E-state index contributed by atoms with van der Waals surface area (Å²) in [5.74, 6) is -0.0621. The van der Waals surface area contributed by atoms with Crippen molar-refractivity contribution in [3.63, 3.8) is 0 Å². The fourth-order valence-electron chi connectivity index (χ4n) is 9.46. The van der Waals surface area contributed by atoms with E-state index in [0.29, 0.717) is 19.4 Å². The molecule has 6 nitrogen and oxygen atoms in total. The van der Waals surface area contributed by atoms with E-state index in [2.05, 4.69) is 19.2 Å². The number of unbranched alkanes of at least 4 members (excludes halogenated alkanes) is 45. The normalized spacial score (nSPS) is 12.6. The number of ether oxygens (including phenoxy) is 1. The maximum absolute atomic E-state index is 12.4. The van der Waals surface area contributed by atoms with Crippen molar-refractivity contribution in [2.24, 2.45) is 0 Å². The monoisotopic (exact) mass is 932 g/mol. The maximum Gasteiger partial charge on any atom is 0.305 e. The fraction of sp³-hybridized carbons (Fsp3) is 0.933. The van der Waals surface area contributed by atoms with Gasteiger partial charge in [0, 0.05) is 12.8 Å². The number of esters is 1. The van der Waals surface area contributed by atoms with Gasteiger partial charge in [0.2, 0.25) is 5.91 Å². The zero-order valence-electron chi connectivity index (χ0n) is 44.7. The van der Waals surface area contributed by atoms with E-state index in [9.17, 15) is 19.8 Å². The first-order valence-corrected chi connectivity index (χ1v) is 30.0. The van der Waals surface area contributed by atoms with E-state index in [-0.39, 0.29) is 18.5 Å². The summed E-state index contributed by atoms with van der Waals surface area (Å²) in [7, 11) is 0. The average molecular weight is 933 g/mol. The molecular formula is C60H117NO5. The molecule has 2 atom stereocenters. The summed E-state index contributed by atoms with van der Waals surface area (Å²) < 4.78 is 5.49. The summed E-state index contributed by atoms with van der Waals surface area (Å²) in [5.41, 5.74) is 0. The van der Waals surface area contributed by atoms with Crippen molar-refractivity contribution < 1.29 is 24.5 Å². The standard InChI is InChI=1S/C60H117NO5/c1-3-5-7-9-11-13-15-17-19-20-23-26-30-34-38-42-46-50-54-60(65)66-55-51-47-43-39-35-31-27-24-21-22-25-29-33-37-41-45-49-53-59(64)61-57(56-62)58(63)52-48-44-40-36-32-28-18-16-14-12-10-8-6-4-2/h48,52,57-58,62-63H,3-47,49-51,53-56H2,1-2H3,(H,61,64)/b52-48+. The molecule has 0 aliphatic rings. The Morgan fingerprint density at radius 3 is 1.03 bits per heavy atom. The third-order valence-electron chi connectivity index (χ3n) is 14.1. The van der Waals surface area contributed by atoms with Gasteiger partial charge in [-0.1, -0.05) is 302 Å². The largest absolute Gasteiger partial charge is 0.466 e. The second-order valence-electron chi connectivity index (χ2n) is 20.7. The van der Waals surface area contributed by atoms with Crippen molar-refractivity contribution >= 4 is 11.9 Å². The molecule has 0 aromatic heterocycles. The van der Waals surface area contributed by atoms with E-state index < -0.39 is 12.1 Å². The zero-order valence-corrected chi connectivity index (χ0v) is 44.7. The molecule has 392 valence electrons. The molecule has 0 aromatic carbocycles. The molecule has 3 N–H and O–H groups in total. The Bertz CT molecular complexity index is 986. The Morgan fingerprint density at radius 1 is 0.409 bits per heavy atom. The van der Waals surface area contributed by atoms with Crippen molar-refractivity contribution in [3.8, 4) is 0 Å². The number of hydrogen-bond donors (Lipinski definition) is 3. The van der Waals surface area contributed by atoms with Gasteiger partial charge in [-0.3, -0.25) is 9.59 Å². The van der Waals surface area contributed by atoms with Crippen LogP contribution in [0.2, 0.25) is 0 Å². The van der Waals surface area contributed by atoms with Crippen molar-refractivity contribution in [1.29, 1.82) is 0 Å². The van der Waals surface area contributed by atoms with Crippen LogP contribution in [-0.2, 0) is 14.3 Å². The van der Waals surface area contributed by atoms with Crippen LogP contribution in [0, 0.1) is 0 Å². The molecule has 0 saturated carbocycles. The number of carbonyl (C=O) groups excluding carboxylic acids is 2. The van der Waals surface area contributed by atoms with E-state index in [0.717, 1.165) is 38.5 Å². The summed E-state index contributed by atoms with van der Waals surface area (Å²) in [4.78, 5) is 24.5. The second-order valence-corrected chi connectivity index (χ2v) is 20.7. The molecule has 0 rings (SSSR count). The predicted molar refractivity (Wildman–Crippen MR) is 287 cm³/mol. The van der Waals surface area contributed by atoms with Crippen LogP contribution < -0.4 is 5.32 Å². The van der Waals surface area contributed by atoms with Gasteiger partial charge in [-0.2, -0.15) is 0 Å². The molecule has 0 aliphatic heterocycles. The number of nitrogens with one attached hydrogen (secondary N) is 1. The topological polar surface area (TPSA) is 95.9 Å². The molecule has 1 amide bonds. The zero-order chi connectivity index (χ0) is 47.9. The molecule has 0 fully saturated rings. The number of amides is 1. The van der Waals surface area contributed by atoms with Gasteiger partial charge in [-0.15, -0.1) is 0 Å². The number of carbonyl (C=O) groups is 2. The minimum absolute atomic E-state index is 0.00937. The van der Waals surface area contributed by atoms with Crippen LogP contribution in [0.5, 0.6) is 0 Å². The van der Waals surface area contributed by atoms with Crippen LogP contribution in [0.4, 0.5) is 0 Å². The Morgan fingerprint density at radius 2 is 0.697 bits per heavy atom. The number of aliphatic hydroxyl groups is 2. The summed E-state index contributed by atoms with van der Waals surface area (Å²) in [6.07, 6.45) is 66.7. The van der Waals surface area contributed by atoms with Crippen LogP contribution in [0.3, 0.4) is 0 Å². The smallest absolute Gasteiger partial charge is 0.305 e. The van der Waals surface area contributed by atoms with E-state index in [4.69, 9.17) is 4.74 Å². The first kappa shape index (κ1) is 64.6. The molecule has 0 radical (unpaired) electrons. The van der Waals surface area contributed by atoms with Crippen molar-refractivity contribution in [3.05, 3.63) is 12.2 Å². The summed E-state index contributed by atoms with van der Waals surface area (Å²) in [5, 5.41) is 23.1. The lowest BCUT2D eigenvalue weighted by atomic mass is 10.0. The molecular weight excluding hydrogens is 815 g/mol. The van der Waals surface area contributed by atoms with Gasteiger partial charge < -0.3 is 20.3 Å². The maximum atomic E-state index is 12.4. The summed E-state index contributed by atoms with van der Waals surface area (Å²) in [6.45, 7) is 4.92. The Hall–Kier alpha value is -1.40. The van der Waals surface area contributed by atoms with Gasteiger partial charge in [0.25, 0.3) is 0 Å². The lowest BCUT2D eigenvalue weighted by molar-refractivity contribution is -0.143. The third kappa shape index (κ3) is 52.0. The predicted octanol–water partition coefficient (Wildman–Crippen LogP) is 18.5. The lowest BCUT2D eigenvalue weighted by Gasteiger charge is -2.20. The van der Waals surface area contributed by atoms with Crippen molar-refractivity contribution in [2.45, 2.75) is 347 Å². The number of rotatable bonds is 56. The van der Waals surface area contributed by atoms with Gasteiger partial charge in [0.05, 0.1) is 25.4 Å². The van der Waals surface area contributed by atoms with Crippen LogP contribution in [0.15, 0.2) is 12.2 Å². The lowest BCUT2D eigenvalue weighted by Crippen LogP contribution is -2.45.